The van der Waals surface area contributed by atoms with Crippen molar-refractivity contribution in [1.82, 2.24) is 9.46 Å². The predicted molar refractivity (Wildman–Crippen MR) is 94.1 cm³/mol. The lowest BCUT2D eigenvalue weighted by Gasteiger charge is -2.32. The second-order valence-corrected chi connectivity index (χ2v) is 7.31. The van der Waals surface area contributed by atoms with Crippen LogP contribution in [0.2, 0.25) is 0 Å². The van der Waals surface area contributed by atoms with Crippen LogP contribution in [0.1, 0.15) is 17.0 Å². The monoisotopic (exact) mass is 493 g/mol. The van der Waals surface area contributed by atoms with Gasteiger partial charge in [0.1, 0.15) is 0 Å². The number of aromatic nitrogens is 2. The molecule has 4 heterocycles. The Bertz CT molecular complexity index is 1040. The number of pyridine rings is 1. The molecule has 134 valence electrons. The smallest absolute Gasteiger partial charge is 0.389 e. The Balaban J connectivity index is 2.13. The fraction of sp³-hybridized carbons (Fsp3) is 0.0667. The summed E-state index contributed by atoms with van der Waals surface area (Å²) in [5, 5.41) is 0. The summed E-state index contributed by atoms with van der Waals surface area (Å²) in [6, 6.07) is 4.78. The molecule has 0 bridgehead atoms. The van der Waals surface area contributed by atoms with Gasteiger partial charge in [-0.25, -0.2) is 0 Å². The van der Waals surface area contributed by atoms with Gasteiger partial charge >= 0.3 is 13.1 Å². The zero-order chi connectivity index (χ0) is 18.9. The van der Waals surface area contributed by atoms with E-state index in [0.29, 0.717) is 8.96 Å². The molecular weight excluding hydrogens is 488 g/mol. The summed E-state index contributed by atoms with van der Waals surface area (Å²) in [5.74, 6) is 0. The van der Waals surface area contributed by atoms with E-state index < -0.39 is 24.4 Å². The lowest BCUT2D eigenvalue weighted by atomic mass is 9.87. The molecule has 0 atom stereocenters. The highest BCUT2D eigenvalue weighted by Crippen LogP contribution is 2.44. The maximum atomic E-state index is 15.1. The molecule has 0 aromatic carbocycles. The van der Waals surface area contributed by atoms with Gasteiger partial charge < -0.3 is 17.6 Å². The largest absolute Gasteiger partial charge is 0.738 e. The second kappa shape index (κ2) is 5.62. The average molecular weight is 495 g/mol. The topological polar surface area (TPSA) is 20.8 Å². The molecule has 0 saturated carbocycles. The maximum Gasteiger partial charge on any atom is 0.738 e. The van der Waals surface area contributed by atoms with Gasteiger partial charge in [0.2, 0.25) is 4.62 Å². The van der Waals surface area contributed by atoms with Crippen molar-refractivity contribution in [3.8, 4) is 0 Å². The molecule has 0 N–H and O–H groups in total. The Kier molecular flexibility index (Phi) is 3.82. The van der Waals surface area contributed by atoms with Crippen molar-refractivity contribution < 1.29 is 26.3 Å². The van der Waals surface area contributed by atoms with E-state index in [-0.39, 0.29) is 26.2 Å². The van der Waals surface area contributed by atoms with Gasteiger partial charge in [-0.05, 0) is 40.2 Å². The summed E-state index contributed by atoms with van der Waals surface area (Å²) in [6.45, 7) is -4.30. The van der Waals surface area contributed by atoms with E-state index in [0.717, 1.165) is 12.1 Å². The van der Waals surface area contributed by atoms with Gasteiger partial charge in [-0.2, -0.15) is 13.2 Å². The standard InChI is InChI=1S/C15H7BBr2F5N3/c17-11-5-3-9-13(14-8(15(19,20)21)2-1-7-24-14)10-4-6-12(18)26(10)16(22,23)25(9)11/h1-7H. The number of fused-ring (bicyclic) bond motifs is 2. The van der Waals surface area contributed by atoms with E-state index in [4.69, 9.17) is 0 Å². The number of rotatable bonds is 1. The first-order valence-electron chi connectivity index (χ1n) is 7.30. The van der Waals surface area contributed by atoms with Crippen LogP contribution >= 0.6 is 31.9 Å². The number of hydrogen-bond acceptors (Lipinski definition) is 1. The average Bonchev–Trinajstić information content (AvgIpc) is 3.12. The molecule has 11 heteroatoms. The van der Waals surface area contributed by atoms with Gasteiger partial charge in [0.05, 0.1) is 21.4 Å². The van der Waals surface area contributed by atoms with Gasteiger partial charge in [0, 0.05) is 40.0 Å². The zero-order valence-electron chi connectivity index (χ0n) is 12.6. The number of allylic oxidation sites excluding steroid dienone is 2. The Hall–Kier alpha value is -1.75. The minimum Gasteiger partial charge on any atom is -0.389 e. The van der Waals surface area contributed by atoms with Crippen LogP contribution in [-0.2, 0) is 6.18 Å². The Morgan fingerprint density at radius 1 is 1.08 bits per heavy atom. The van der Waals surface area contributed by atoms with Crippen molar-refractivity contribution in [2.45, 2.75) is 6.18 Å². The molecule has 0 unspecified atom stereocenters. The third-order valence-electron chi connectivity index (χ3n) is 4.22. The number of alkyl halides is 3. The number of nitrogens with zero attached hydrogens (tertiary/aromatic N) is 3. The van der Waals surface area contributed by atoms with E-state index in [1.807, 2.05) is 0 Å². The van der Waals surface area contributed by atoms with Gasteiger partial charge in [-0.15, -0.1) is 0 Å². The third kappa shape index (κ3) is 2.36. The molecule has 2 aromatic rings. The highest BCUT2D eigenvalue weighted by atomic mass is 79.9. The molecule has 2 aromatic heterocycles. The summed E-state index contributed by atoms with van der Waals surface area (Å²) < 4.78 is 72.1. The Morgan fingerprint density at radius 2 is 1.81 bits per heavy atom. The molecule has 0 amide bonds. The minimum absolute atomic E-state index is 0.0119. The summed E-state index contributed by atoms with van der Waals surface area (Å²) in [5.41, 5.74) is -1.47. The zero-order valence-corrected chi connectivity index (χ0v) is 15.8. The summed E-state index contributed by atoms with van der Waals surface area (Å²) in [7, 11) is 0. The van der Waals surface area contributed by atoms with Crippen LogP contribution in [0.15, 0.2) is 52.9 Å². The van der Waals surface area contributed by atoms with Gasteiger partial charge in [-0.3, -0.25) is 4.98 Å². The third-order valence-corrected chi connectivity index (χ3v) is 5.51. The van der Waals surface area contributed by atoms with Crippen LogP contribution < -0.4 is 0 Å². The summed E-state index contributed by atoms with van der Waals surface area (Å²) >= 11 is 6.13. The van der Waals surface area contributed by atoms with E-state index in [2.05, 4.69) is 36.8 Å². The summed E-state index contributed by atoms with van der Waals surface area (Å²) in [4.78, 5) is 3.88. The van der Waals surface area contributed by atoms with Crippen LogP contribution in [0, 0.1) is 0 Å². The molecule has 2 aliphatic heterocycles. The van der Waals surface area contributed by atoms with Gasteiger partial charge in [0.15, 0.2) is 5.70 Å². The predicted octanol–water partition coefficient (Wildman–Crippen LogP) is 5.04. The Labute approximate surface area is 160 Å². The molecule has 2 aliphatic rings. The lowest BCUT2D eigenvalue weighted by molar-refractivity contribution is -0.358. The highest BCUT2D eigenvalue weighted by molar-refractivity contribution is 9.18. The van der Waals surface area contributed by atoms with Crippen LogP contribution in [0.3, 0.4) is 0 Å². The molecule has 4 rings (SSSR count). The quantitative estimate of drug-likeness (QED) is 0.402. The molecule has 0 aliphatic carbocycles. The molecular formula is C15H7BBr2F5N3. The van der Waals surface area contributed by atoms with Crippen LogP contribution in [0.4, 0.5) is 21.8 Å². The fourth-order valence-electron chi connectivity index (χ4n) is 3.21. The van der Waals surface area contributed by atoms with Crippen molar-refractivity contribution in [2.24, 2.45) is 0 Å². The molecule has 0 spiro atoms. The van der Waals surface area contributed by atoms with Crippen molar-refractivity contribution >= 4 is 49.0 Å². The minimum atomic E-state index is -4.68. The van der Waals surface area contributed by atoms with Crippen LogP contribution in [-0.4, -0.2) is 25.5 Å². The first-order chi connectivity index (χ1) is 12.1. The van der Waals surface area contributed by atoms with Crippen molar-refractivity contribution in [3.63, 3.8) is 0 Å². The van der Waals surface area contributed by atoms with E-state index in [1.54, 1.807) is 0 Å². The van der Waals surface area contributed by atoms with Gasteiger partial charge in [0.25, 0.3) is 0 Å². The van der Waals surface area contributed by atoms with Crippen molar-refractivity contribution in [1.29, 1.82) is 0 Å². The maximum absolute atomic E-state index is 15.1. The van der Waals surface area contributed by atoms with E-state index in [1.165, 1.54) is 30.5 Å². The highest BCUT2D eigenvalue weighted by Gasteiger charge is 2.55. The van der Waals surface area contributed by atoms with Crippen LogP contribution in [0.5, 0.6) is 0 Å². The molecule has 3 nitrogen and oxygen atoms in total. The number of hydrogen-bond donors (Lipinski definition) is 0. The first-order valence-corrected chi connectivity index (χ1v) is 8.89. The first kappa shape index (κ1) is 17.7. The SMILES string of the molecule is F[B-]1(F)n2c(Br)ccc2C(c2ncccc2C(F)(F)F)=C2C=CC(Br)=[N+]21. The normalized spacial score (nSPS) is 18.4. The second-order valence-electron chi connectivity index (χ2n) is 5.68. The van der Waals surface area contributed by atoms with Crippen molar-refractivity contribution in [2.75, 3.05) is 0 Å². The molecule has 0 saturated heterocycles. The van der Waals surface area contributed by atoms with Crippen molar-refractivity contribution in [3.05, 3.63) is 69.9 Å². The van der Waals surface area contributed by atoms with E-state index >= 15 is 8.63 Å². The molecule has 0 fully saturated rings. The fourth-order valence-corrected chi connectivity index (χ4v) is 4.35. The Morgan fingerprint density at radius 3 is 2.50 bits per heavy atom. The van der Waals surface area contributed by atoms with E-state index in [9.17, 15) is 13.2 Å². The molecule has 0 radical (unpaired) electrons. The molecule has 26 heavy (non-hydrogen) atoms. The lowest BCUT2D eigenvalue weighted by Crippen LogP contribution is -2.50. The van der Waals surface area contributed by atoms with Gasteiger partial charge in [-0.1, -0.05) is 0 Å². The van der Waals surface area contributed by atoms with Crippen LogP contribution in [0.25, 0.3) is 5.57 Å². The number of halogens is 7. The summed E-state index contributed by atoms with van der Waals surface area (Å²) in [6.07, 6.45) is -0.735.